The van der Waals surface area contributed by atoms with Crippen LogP contribution in [0.1, 0.15) is 24.3 Å². The average Bonchev–Trinajstić information content (AvgIpc) is 2.18. The lowest BCUT2D eigenvalue weighted by atomic mass is 9.91. The molecule has 2 N–H and O–H groups in total. The fraction of sp³-hybridized carbons (Fsp3) is 0.455. The second-order valence-electron chi connectivity index (χ2n) is 3.89. The monoisotopic (exact) mass is 210 g/mol. The Bertz CT molecular complexity index is 314. The van der Waals surface area contributed by atoms with E-state index < -0.39 is 0 Å². The molecule has 1 unspecified atom stereocenters. The zero-order chi connectivity index (χ0) is 9.97. The van der Waals surface area contributed by atoms with Gasteiger partial charge in [0, 0.05) is 18.1 Å². The number of nitrogens with two attached hydrogens (primary N) is 1. The van der Waals surface area contributed by atoms with Crippen molar-refractivity contribution in [3.63, 3.8) is 0 Å². The maximum Gasteiger partial charge on any atom is 0.0408 e. The molecule has 1 aliphatic rings. The van der Waals surface area contributed by atoms with E-state index in [0.29, 0.717) is 5.92 Å². The molecule has 1 aromatic rings. The summed E-state index contributed by atoms with van der Waals surface area (Å²) in [7, 11) is 0. The summed E-state index contributed by atoms with van der Waals surface area (Å²) in [5.74, 6) is 6.35. The number of rotatable bonds is 1. The van der Waals surface area contributed by atoms with Crippen molar-refractivity contribution in [2.24, 2.45) is 5.84 Å². The van der Waals surface area contributed by atoms with E-state index >= 15 is 0 Å². The van der Waals surface area contributed by atoms with Gasteiger partial charge in [-0.1, -0.05) is 23.7 Å². The lowest BCUT2D eigenvalue weighted by Crippen LogP contribution is -2.39. The molecule has 0 radical (unpaired) electrons. The number of hydrogen-bond donors (Lipinski definition) is 1. The molecule has 0 aliphatic carbocycles. The minimum atomic E-state index is 0.549. The summed E-state index contributed by atoms with van der Waals surface area (Å²) < 4.78 is 0. The van der Waals surface area contributed by atoms with E-state index in [4.69, 9.17) is 17.4 Å². The van der Waals surface area contributed by atoms with Gasteiger partial charge < -0.3 is 0 Å². The van der Waals surface area contributed by atoms with E-state index in [2.05, 4.69) is 6.07 Å². The van der Waals surface area contributed by atoms with Crippen LogP contribution < -0.4 is 5.84 Å². The Morgan fingerprint density at radius 1 is 1.43 bits per heavy atom. The Morgan fingerprint density at radius 2 is 2.29 bits per heavy atom. The molecule has 2 nitrogen and oxygen atoms in total. The molecule has 1 aliphatic heterocycles. The minimum absolute atomic E-state index is 0.549. The summed E-state index contributed by atoms with van der Waals surface area (Å²) in [5.41, 5.74) is 1.31. The van der Waals surface area contributed by atoms with Crippen LogP contribution in [0.25, 0.3) is 0 Å². The van der Waals surface area contributed by atoms with Crippen LogP contribution in [0.4, 0.5) is 0 Å². The van der Waals surface area contributed by atoms with Crippen molar-refractivity contribution in [2.75, 3.05) is 13.1 Å². The fourth-order valence-electron chi connectivity index (χ4n) is 2.04. The van der Waals surface area contributed by atoms with E-state index in [9.17, 15) is 0 Å². The highest BCUT2D eigenvalue weighted by Gasteiger charge is 2.19. The van der Waals surface area contributed by atoms with Gasteiger partial charge in [-0.3, -0.25) is 5.84 Å². The number of piperidine rings is 1. The quantitative estimate of drug-likeness (QED) is 0.722. The van der Waals surface area contributed by atoms with E-state index in [1.807, 2.05) is 23.2 Å². The Labute approximate surface area is 89.6 Å². The highest BCUT2D eigenvalue weighted by Crippen LogP contribution is 2.27. The van der Waals surface area contributed by atoms with Gasteiger partial charge in [0.05, 0.1) is 0 Å². The number of halogens is 1. The molecule has 0 aromatic heterocycles. The lowest BCUT2D eigenvalue weighted by Gasteiger charge is -2.29. The number of benzene rings is 1. The zero-order valence-corrected chi connectivity index (χ0v) is 8.87. The highest BCUT2D eigenvalue weighted by molar-refractivity contribution is 6.30. The number of hydrazine groups is 1. The molecule has 0 amide bonds. The molecule has 76 valence electrons. The zero-order valence-electron chi connectivity index (χ0n) is 8.12. The molecule has 0 spiro atoms. The summed E-state index contributed by atoms with van der Waals surface area (Å²) in [5, 5.41) is 2.71. The van der Waals surface area contributed by atoms with E-state index in [1.165, 1.54) is 18.4 Å². The summed E-state index contributed by atoms with van der Waals surface area (Å²) in [4.78, 5) is 0. The molecule has 3 heteroatoms. The van der Waals surface area contributed by atoms with Crippen LogP contribution >= 0.6 is 11.6 Å². The Kier molecular flexibility index (Phi) is 3.06. The van der Waals surface area contributed by atoms with Gasteiger partial charge in [-0.25, -0.2) is 5.01 Å². The SMILES string of the molecule is NN1CCCC(c2cccc(Cl)c2)C1. The van der Waals surface area contributed by atoms with Crippen molar-refractivity contribution in [2.45, 2.75) is 18.8 Å². The molecule has 0 saturated carbocycles. The van der Waals surface area contributed by atoms with Gasteiger partial charge in [-0.05, 0) is 36.5 Å². The van der Waals surface area contributed by atoms with Gasteiger partial charge in [0.2, 0.25) is 0 Å². The molecule has 2 rings (SSSR count). The normalized spacial score (nSPS) is 23.7. The molecular weight excluding hydrogens is 196 g/mol. The van der Waals surface area contributed by atoms with Crippen LogP contribution in [0.15, 0.2) is 24.3 Å². The average molecular weight is 211 g/mol. The van der Waals surface area contributed by atoms with Crippen molar-refractivity contribution in [3.8, 4) is 0 Å². The Hall–Kier alpha value is -0.570. The third-order valence-corrected chi connectivity index (χ3v) is 3.01. The predicted octanol–water partition coefficient (Wildman–Crippen LogP) is 2.39. The molecule has 1 aromatic carbocycles. The van der Waals surface area contributed by atoms with Crippen molar-refractivity contribution in [1.82, 2.24) is 5.01 Å². The van der Waals surface area contributed by atoms with Crippen LogP contribution in [0.2, 0.25) is 5.02 Å². The first-order valence-electron chi connectivity index (χ1n) is 5.01. The van der Waals surface area contributed by atoms with Crippen LogP contribution in [0, 0.1) is 0 Å². The maximum absolute atomic E-state index is 5.96. The third kappa shape index (κ3) is 2.27. The predicted molar refractivity (Wildman–Crippen MR) is 59.2 cm³/mol. The number of nitrogens with zero attached hydrogens (tertiary/aromatic N) is 1. The first kappa shape index (κ1) is 9.97. The molecule has 1 atom stereocenters. The molecule has 1 heterocycles. The van der Waals surface area contributed by atoms with Gasteiger partial charge >= 0.3 is 0 Å². The van der Waals surface area contributed by atoms with Crippen molar-refractivity contribution >= 4 is 11.6 Å². The Morgan fingerprint density at radius 3 is 3.00 bits per heavy atom. The van der Waals surface area contributed by atoms with Gasteiger partial charge in [0.25, 0.3) is 0 Å². The molecule has 0 bridgehead atoms. The smallest absolute Gasteiger partial charge is 0.0408 e. The van der Waals surface area contributed by atoms with Crippen LogP contribution in [-0.2, 0) is 0 Å². The van der Waals surface area contributed by atoms with E-state index in [-0.39, 0.29) is 0 Å². The van der Waals surface area contributed by atoms with Gasteiger partial charge in [-0.15, -0.1) is 0 Å². The van der Waals surface area contributed by atoms with Crippen molar-refractivity contribution in [1.29, 1.82) is 0 Å². The van der Waals surface area contributed by atoms with Crippen molar-refractivity contribution in [3.05, 3.63) is 34.9 Å². The topological polar surface area (TPSA) is 29.3 Å². The molecule has 1 saturated heterocycles. The fourth-order valence-corrected chi connectivity index (χ4v) is 2.24. The first-order valence-corrected chi connectivity index (χ1v) is 5.38. The van der Waals surface area contributed by atoms with Crippen molar-refractivity contribution < 1.29 is 0 Å². The lowest BCUT2D eigenvalue weighted by molar-refractivity contribution is 0.213. The molecule has 14 heavy (non-hydrogen) atoms. The summed E-state index contributed by atoms with van der Waals surface area (Å²) in [6.07, 6.45) is 2.39. The van der Waals surface area contributed by atoms with Crippen LogP contribution in [0.3, 0.4) is 0 Å². The maximum atomic E-state index is 5.96. The molecular formula is C11H15ClN2. The minimum Gasteiger partial charge on any atom is -0.269 e. The second kappa shape index (κ2) is 4.30. The second-order valence-corrected chi connectivity index (χ2v) is 4.33. The summed E-state index contributed by atoms with van der Waals surface area (Å²) in [6, 6.07) is 8.10. The molecule has 1 fully saturated rings. The number of hydrogen-bond acceptors (Lipinski definition) is 2. The van der Waals surface area contributed by atoms with Gasteiger partial charge in [0.1, 0.15) is 0 Å². The highest BCUT2D eigenvalue weighted by atomic mass is 35.5. The van der Waals surface area contributed by atoms with Gasteiger partial charge in [0.15, 0.2) is 0 Å². The van der Waals surface area contributed by atoms with Crippen LogP contribution in [-0.4, -0.2) is 18.1 Å². The third-order valence-electron chi connectivity index (χ3n) is 2.77. The summed E-state index contributed by atoms with van der Waals surface area (Å²) in [6.45, 7) is 1.96. The van der Waals surface area contributed by atoms with Crippen LogP contribution in [0.5, 0.6) is 0 Å². The van der Waals surface area contributed by atoms with E-state index in [0.717, 1.165) is 18.1 Å². The Balaban J connectivity index is 2.14. The summed E-state index contributed by atoms with van der Waals surface area (Å²) >= 11 is 5.96. The standard InChI is InChI=1S/C11H15ClN2/c12-11-5-1-3-9(7-11)10-4-2-6-14(13)8-10/h1,3,5,7,10H,2,4,6,8,13H2. The largest absolute Gasteiger partial charge is 0.269 e. The first-order chi connectivity index (χ1) is 6.75. The van der Waals surface area contributed by atoms with Gasteiger partial charge in [-0.2, -0.15) is 0 Å². The van der Waals surface area contributed by atoms with E-state index in [1.54, 1.807) is 0 Å².